The van der Waals surface area contributed by atoms with E-state index >= 15 is 0 Å². The highest BCUT2D eigenvalue weighted by atomic mass is 19.1. The van der Waals surface area contributed by atoms with Crippen LogP contribution >= 0.6 is 0 Å². The summed E-state index contributed by atoms with van der Waals surface area (Å²) < 4.78 is 13.2. The minimum atomic E-state index is -0.217. The summed E-state index contributed by atoms with van der Waals surface area (Å²) >= 11 is 0. The molecule has 1 N–H and O–H groups in total. The molecule has 2 fully saturated rings. The number of fused-ring (bicyclic) bond motifs is 2. The monoisotopic (exact) mass is 366 g/mol. The summed E-state index contributed by atoms with van der Waals surface area (Å²) in [4.78, 5) is 27.0. The van der Waals surface area contributed by atoms with Crippen LogP contribution in [0, 0.1) is 5.82 Å². The standard InChI is InChI=1S/C22H23FN2O2/c1-24-21(26)15-3-2-4-16(11-15)22(27)25-19-9-10-20(25)13-17(12-19)14-5-7-18(23)8-6-14/h2-8,11,17,19-20H,9-10,12-13H2,1H3,(H,24,26)/t17-,19+,20-. The third-order valence-electron chi connectivity index (χ3n) is 5.91. The maximum atomic E-state index is 13.2. The summed E-state index contributed by atoms with van der Waals surface area (Å²) in [6.07, 6.45) is 3.82. The van der Waals surface area contributed by atoms with E-state index < -0.39 is 0 Å². The fourth-order valence-electron chi connectivity index (χ4n) is 4.60. The largest absolute Gasteiger partial charge is 0.355 e. The number of halogens is 1. The number of hydrogen-bond acceptors (Lipinski definition) is 2. The van der Waals surface area contributed by atoms with Gasteiger partial charge in [-0.25, -0.2) is 4.39 Å². The Kier molecular flexibility index (Phi) is 4.68. The molecule has 0 saturated carbocycles. The number of piperidine rings is 1. The second-order valence-corrected chi connectivity index (χ2v) is 7.48. The third-order valence-corrected chi connectivity index (χ3v) is 5.91. The van der Waals surface area contributed by atoms with Gasteiger partial charge in [0.15, 0.2) is 0 Å². The average molecular weight is 366 g/mol. The van der Waals surface area contributed by atoms with Crippen molar-refractivity contribution in [3.05, 3.63) is 71.0 Å². The van der Waals surface area contributed by atoms with Crippen LogP contribution in [0.1, 0.15) is 57.9 Å². The Morgan fingerprint density at radius 2 is 1.63 bits per heavy atom. The number of hydrogen-bond donors (Lipinski definition) is 1. The van der Waals surface area contributed by atoms with Gasteiger partial charge in [-0.15, -0.1) is 0 Å². The van der Waals surface area contributed by atoms with Gasteiger partial charge in [0.05, 0.1) is 0 Å². The average Bonchev–Trinajstić information content (AvgIpc) is 2.96. The van der Waals surface area contributed by atoms with Crippen molar-refractivity contribution in [1.82, 2.24) is 10.2 Å². The summed E-state index contributed by atoms with van der Waals surface area (Å²) in [5.41, 5.74) is 2.21. The molecule has 2 aromatic carbocycles. The summed E-state index contributed by atoms with van der Waals surface area (Å²) in [6.45, 7) is 0. The van der Waals surface area contributed by atoms with Crippen LogP contribution in [0.2, 0.25) is 0 Å². The van der Waals surface area contributed by atoms with E-state index in [1.54, 1.807) is 31.3 Å². The number of amides is 2. The zero-order valence-electron chi connectivity index (χ0n) is 15.3. The van der Waals surface area contributed by atoms with Crippen LogP contribution in [0.15, 0.2) is 48.5 Å². The Morgan fingerprint density at radius 3 is 2.26 bits per heavy atom. The van der Waals surface area contributed by atoms with Crippen molar-refractivity contribution in [3.63, 3.8) is 0 Å². The molecular weight excluding hydrogens is 343 g/mol. The first kappa shape index (κ1) is 17.7. The number of carbonyl (C=O) groups excluding carboxylic acids is 2. The van der Waals surface area contributed by atoms with Crippen LogP contribution in [-0.2, 0) is 0 Å². The van der Waals surface area contributed by atoms with Crippen molar-refractivity contribution in [1.29, 1.82) is 0 Å². The van der Waals surface area contributed by atoms with Crippen LogP contribution in [0.4, 0.5) is 4.39 Å². The van der Waals surface area contributed by atoms with Gasteiger partial charge < -0.3 is 10.2 Å². The highest BCUT2D eigenvalue weighted by Gasteiger charge is 2.43. The van der Waals surface area contributed by atoms with E-state index in [-0.39, 0.29) is 29.7 Å². The maximum Gasteiger partial charge on any atom is 0.254 e. The molecule has 0 aliphatic carbocycles. The number of benzene rings is 2. The van der Waals surface area contributed by atoms with E-state index in [4.69, 9.17) is 0 Å². The molecule has 2 amide bonds. The quantitative estimate of drug-likeness (QED) is 0.900. The van der Waals surface area contributed by atoms with Gasteiger partial charge >= 0.3 is 0 Å². The molecule has 3 atom stereocenters. The number of carbonyl (C=O) groups is 2. The van der Waals surface area contributed by atoms with Gasteiger partial charge in [0, 0.05) is 30.3 Å². The number of rotatable bonds is 3. The molecule has 140 valence electrons. The predicted molar refractivity (Wildman–Crippen MR) is 101 cm³/mol. The highest BCUT2D eigenvalue weighted by Crippen LogP contribution is 2.43. The van der Waals surface area contributed by atoms with E-state index in [0.29, 0.717) is 17.0 Å². The van der Waals surface area contributed by atoms with E-state index in [9.17, 15) is 14.0 Å². The van der Waals surface area contributed by atoms with E-state index in [1.807, 2.05) is 17.0 Å². The predicted octanol–water partition coefficient (Wildman–Crippen LogP) is 3.74. The molecular formula is C22H23FN2O2. The van der Waals surface area contributed by atoms with Crippen molar-refractivity contribution in [2.75, 3.05) is 7.05 Å². The molecule has 0 radical (unpaired) electrons. The lowest BCUT2D eigenvalue weighted by Gasteiger charge is -2.39. The van der Waals surface area contributed by atoms with E-state index in [1.165, 1.54) is 12.1 Å². The lowest BCUT2D eigenvalue weighted by molar-refractivity contribution is 0.0571. The molecule has 0 spiro atoms. The fraction of sp³-hybridized carbons (Fsp3) is 0.364. The second kappa shape index (κ2) is 7.14. The van der Waals surface area contributed by atoms with Crippen LogP contribution in [0.25, 0.3) is 0 Å². The Morgan fingerprint density at radius 1 is 1.00 bits per heavy atom. The third kappa shape index (κ3) is 3.34. The van der Waals surface area contributed by atoms with Gasteiger partial charge in [0.25, 0.3) is 11.8 Å². The summed E-state index contributed by atoms with van der Waals surface area (Å²) in [5, 5.41) is 2.59. The molecule has 4 rings (SSSR count). The van der Waals surface area contributed by atoms with Crippen molar-refractivity contribution >= 4 is 11.8 Å². The van der Waals surface area contributed by atoms with Crippen LogP contribution in [0.3, 0.4) is 0 Å². The zero-order chi connectivity index (χ0) is 19.0. The fourth-order valence-corrected chi connectivity index (χ4v) is 4.60. The Labute approximate surface area is 158 Å². The van der Waals surface area contributed by atoms with Gasteiger partial charge in [0.2, 0.25) is 0 Å². The molecule has 2 aliphatic heterocycles. The minimum absolute atomic E-state index is 0.00538. The minimum Gasteiger partial charge on any atom is -0.355 e. The van der Waals surface area contributed by atoms with Crippen LogP contribution < -0.4 is 5.32 Å². The summed E-state index contributed by atoms with van der Waals surface area (Å²) in [5.74, 6) is -0.0388. The molecule has 4 nitrogen and oxygen atoms in total. The molecule has 2 bridgehead atoms. The van der Waals surface area contributed by atoms with Gasteiger partial charge in [-0.05, 0) is 67.5 Å². The first-order chi connectivity index (χ1) is 13.1. The normalized spacial score (nSPS) is 23.9. The second-order valence-electron chi connectivity index (χ2n) is 7.48. The molecule has 27 heavy (non-hydrogen) atoms. The number of nitrogens with one attached hydrogen (secondary N) is 1. The molecule has 2 aromatic rings. The Bertz CT molecular complexity index is 851. The van der Waals surface area contributed by atoms with Crippen molar-refractivity contribution < 1.29 is 14.0 Å². The molecule has 0 unspecified atom stereocenters. The molecule has 0 aromatic heterocycles. The first-order valence-electron chi connectivity index (χ1n) is 9.47. The lowest BCUT2D eigenvalue weighted by atomic mass is 9.84. The SMILES string of the molecule is CNC(=O)c1cccc(C(=O)N2[C@@H]3CC[C@H]2C[C@@H](c2ccc(F)cc2)C3)c1. The smallest absolute Gasteiger partial charge is 0.254 e. The topological polar surface area (TPSA) is 49.4 Å². The molecule has 2 heterocycles. The highest BCUT2D eigenvalue weighted by molar-refractivity contribution is 6.00. The summed E-state index contributed by atoms with van der Waals surface area (Å²) in [6, 6.07) is 14.1. The van der Waals surface area contributed by atoms with Crippen LogP contribution in [0.5, 0.6) is 0 Å². The Balaban J connectivity index is 1.53. The molecule has 2 saturated heterocycles. The van der Waals surface area contributed by atoms with Crippen molar-refractivity contribution in [3.8, 4) is 0 Å². The first-order valence-corrected chi connectivity index (χ1v) is 9.47. The van der Waals surface area contributed by atoms with Gasteiger partial charge in [-0.1, -0.05) is 18.2 Å². The molecule has 2 aliphatic rings. The van der Waals surface area contributed by atoms with Crippen molar-refractivity contribution in [2.45, 2.75) is 43.7 Å². The number of nitrogens with zero attached hydrogens (tertiary/aromatic N) is 1. The van der Waals surface area contributed by atoms with Gasteiger partial charge in [0.1, 0.15) is 5.82 Å². The van der Waals surface area contributed by atoms with E-state index in [2.05, 4.69) is 5.32 Å². The zero-order valence-corrected chi connectivity index (χ0v) is 15.3. The summed E-state index contributed by atoms with van der Waals surface area (Å²) in [7, 11) is 1.58. The lowest BCUT2D eigenvalue weighted by Crippen LogP contribution is -2.46. The molecule has 5 heteroatoms. The van der Waals surface area contributed by atoms with Gasteiger partial charge in [-0.2, -0.15) is 0 Å². The Hall–Kier alpha value is -2.69. The van der Waals surface area contributed by atoms with Crippen molar-refractivity contribution in [2.24, 2.45) is 0 Å². The van der Waals surface area contributed by atoms with Crippen LogP contribution in [-0.4, -0.2) is 35.8 Å². The maximum absolute atomic E-state index is 13.2. The van der Waals surface area contributed by atoms with Gasteiger partial charge in [-0.3, -0.25) is 9.59 Å². The van der Waals surface area contributed by atoms with E-state index in [0.717, 1.165) is 31.2 Å².